The van der Waals surface area contributed by atoms with Gasteiger partial charge in [-0.05, 0) is 17.7 Å². The largest absolute Gasteiger partial charge is 0.286 e. The molecule has 0 saturated heterocycles. The number of nitrogens with zero attached hydrogens (tertiary/aromatic N) is 1. The van der Waals surface area contributed by atoms with E-state index >= 15 is 0 Å². The summed E-state index contributed by atoms with van der Waals surface area (Å²) in [5.41, 5.74) is 1.04. The van der Waals surface area contributed by atoms with Gasteiger partial charge in [-0.2, -0.15) is 5.26 Å². The summed E-state index contributed by atoms with van der Waals surface area (Å²) >= 11 is 10.6. The van der Waals surface area contributed by atoms with E-state index < -0.39 is 0 Å². The summed E-state index contributed by atoms with van der Waals surface area (Å²) in [4.78, 5) is 0.518. The van der Waals surface area contributed by atoms with Crippen LogP contribution in [-0.4, -0.2) is 4.99 Å². The smallest absolute Gasteiger partial charge is 0.181 e. The maximum absolute atomic E-state index is 8.29. The topological polar surface area (TPSA) is 35.8 Å². The summed E-state index contributed by atoms with van der Waals surface area (Å²) in [6, 6.07) is 7.36. The minimum absolute atomic E-state index is 0.518. The highest BCUT2D eigenvalue weighted by Crippen LogP contribution is 2.09. The Morgan fingerprint density at radius 2 is 2.08 bits per heavy atom. The van der Waals surface area contributed by atoms with Crippen molar-refractivity contribution in [3.63, 3.8) is 0 Å². The average molecular weight is 211 g/mol. The van der Waals surface area contributed by atoms with Gasteiger partial charge in [0.1, 0.15) is 0 Å². The molecule has 1 aromatic rings. The summed E-state index contributed by atoms with van der Waals surface area (Å²) in [7, 11) is 0. The fraction of sp³-hybridized carbons (Fsp3) is 0.111. The van der Waals surface area contributed by atoms with Gasteiger partial charge in [-0.1, -0.05) is 36.0 Å². The molecule has 0 aromatic heterocycles. The second kappa shape index (κ2) is 4.80. The molecule has 66 valence electrons. The SMILES string of the molecule is N#CNC(=S)Cc1ccc(Cl)cc1. The molecule has 0 aliphatic carbocycles. The van der Waals surface area contributed by atoms with Crippen molar-refractivity contribution in [3.8, 4) is 6.19 Å². The second-order valence-electron chi connectivity index (χ2n) is 2.46. The fourth-order valence-electron chi connectivity index (χ4n) is 0.894. The van der Waals surface area contributed by atoms with Crippen molar-refractivity contribution >= 4 is 28.8 Å². The standard InChI is InChI=1S/C9H7ClN2S/c10-8-3-1-7(2-4-8)5-9(13)12-6-11/h1-4H,5H2,(H,12,13). The molecule has 1 N–H and O–H groups in total. The maximum atomic E-state index is 8.29. The van der Waals surface area contributed by atoms with Gasteiger partial charge in [0.15, 0.2) is 6.19 Å². The van der Waals surface area contributed by atoms with E-state index in [-0.39, 0.29) is 0 Å². The molecule has 0 radical (unpaired) electrons. The van der Waals surface area contributed by atoms with Gasteiger partial charge >= 0.3 is 0 Å². The summed E-state index contributed by atoms with van der Waals surface area (Å²) in [5.74, 6) is 0. The molecular formula is C9H7ClN2S. The van der Waals surface area contributed by atoms with E-state index in [1.165, 1.54) is 0 Å². The van der Waals surface area contributed by atoms with Crippen LogP contribution < -0.4 is 5.32 Å². The van der Waals surface area contributed by atoms with E-state index in [2.05, 4.69) is 5.32 Å². The van der Waals surface area contributed by atoms with Crippen molar-refractivity contribution in [2.75, 3.05) is 0 Å². The summed E-state index contributed by atoms with van der Waals surface area (Å²) < 4.78 is 0. The van der Waals surface area contributed by atoms with E-state index in [9.17, 15) is 0 Å². The highest BCUT2D eigenvalue weighted by atomic mass is 35.5. The Labute approximate surface area is 87.1 Å². The molecule has 0 aliphatic rings. The molecule has 2 nitrogen and oxygen atoms in total. The van der Waals surface area contributed by atoms with Crippen LogP contribution in [0.15, 0.2) is 24.3 Å². The molecule has 0 unspecified atom stereocenters. The normalized spacial score (nSPS) is 8.92. The first-order chi connectivity index (χ1) is 6.22. The lowest BCUT2D eigenvalue weighted by atomic mass is 10.1. The molecule has 13 heavy (non-hydrogen) atoms. The van der Waals surface area contributed by atoms with Crippen LogP contribution in [-0.2, 0) is 6.42 Å². The Balaban J connectivity index is 2.60. The Morgan fingerprint density at radius 1 is 1.46 bits per heavy atom. The van der Waals surface area contributed by atoms with Gasteiger partial charge < -0.3 is 0 Å². The number of hydrogen-bond donors (Lipinski definition) is 1. The molecule has 0 saturated carbocycles. The third kappa shape index (κ3) is 3.41. The average Bonchev–Trinajstić information content (AvgIpc) is 2.09. The van der Waals surface area contributed by atoms with Crippen molar-refractivity contribution < 1.29 is 0 Å². The summed E-state index contributed by atoms with van der Waals surface area (Å²) in [6.07, 6.45) is 2.35. The Morgan fingerprint density at radius 3 is 2.62 bits per heavy atom. The van der Waals surface area contributed by atoms with Crippen LogP contribution in [0, 0.1) is 11.5 Å². The number of rotatable bonds is 2. The fourth-order valence-corrected chi connectivity index (χ4v) is 1.23. The Bertz CT molecular complexity index is 340. The molecule has 0 bridgehead atoms. The predicted molar refractivity (Wildman–Crippen MR) is 56.5 cm³/mol. The summed E-state index contributed by atoms with van der Waals surface area (Å²) in [6.45, 7) is 0. The zero-order chi connectivity index (χ0) is 9.68. The van der Waals surface area contributed by atoms with Crippen LogP contribution in [0.2, 0.25) is 5.02 Å². The minimum Gasteiger partial charge on any atom is -0.286 e. The lowest BCUT2D eigenvalue weighted by Crippen LogP contribution is -2.17. The molecule has 1 rings (SSSR count). The van der Waals surface area contributed by atoms with Crippen molar-refractivity contribution in [1.82, 2.24) is 5.32 Å². The molecule has 1 aromatic carbocycles. The van der Waals surface area contributed by atoms with E-state index in [1.807, 2.05) is 12.1 Å². The predicted octanol–water partition coefficient (Wildman–Crippen LogP) is 2.28. The zero-order valence-corrected chi connectivity index (χ0v) is 8.32. The van der Waals surface area contributed by atoms with E-state index in [4.69, 9.17) is 29.1 Å². The third-order valence-electron chi connectivity index (χ3n) is 1.47. The van der Waals surface area contributed by atoms with Gasteiger partial charge in [0.25, 0.3) is 0 Å². The van der Waals surface area contributed by atoms with E-state index in [0.29, 0.717) is 16.4 Å². The number of nitrogens with one attached hydrogen (secondary N) is 1. The van der Waals surface area contributed by atoms with Crippen LogP contribution in [0.4, 0.5) is 0 Å². The summed E-state index contributed by atoms with van der Waals surface area (Å²) in [5, 5.41) is 11.4. The molecule has 0 fully saturated rings. The first-order valence-corrected chi connectivity index (χ1v) is 4.43. The Hall–Kier alpha value is -1.11. The second-order valence-corrected chi connectivity index (χ2v) is 3.39. The van der Waals surface area contributed by atoms with Gasteiger partial charge in [-0.15, -0.1) is 0 Å². The highest BCUT2D eigenvalue weighted by Gasteiger charge is 1.97. The van der Waals surface area contributed by atoms with Crippen LogP contribution in [0.5, 0.6) is 0 Å². The zero-order valence-electron chi connectivity index (χ0n) is 6.75. The lowest BCUT2D eigenvalue weighted by Gasteiger charge is -2.00. The first kappa shape index (κ1) is 9.97. The molecule has 4 heteroatoms. The van der Waals surface area contributed by atoms with E-state index in [0.717, 1.165) is 5.56 Å². The Kier molecular flexibility index (Phi) is 3.69. The molecule has 0 heterocycles. The number of nitriles is 1. The van der Waals surface area contributed by atoms with Crippen molar-refractivity contribution in [2.24, 2.45) is 0 Å². The van der Waals surface area contributed by atoms with Gasteiger partial charge in [-0.25, -0.2) is 0 Å². The van der Waals surface area contributed by atoms with Crippen LogP contribution in [0.3, 0.4) is 0 Å². The number of benzene rings is 1. The van der Waals surface area contributed by atoms with Crippen LogP contribution >= 0.6 is 23.8 Å². The maximum Gasteiger partial charge on any atom is 0.181 e. The van der Waals surface area contributed by atoms with Crippen LogP contribution in [0.25, 0.3) is 0 Å². The van der Waals surface area contributed by atoms with Crippen LogP contribution in [0.1, 0.15) is 5.56 Å². The molecule has 0 amide bonds. The molecule has 0 atom stereocenters. The molecule has 0 aliphatic heterocycles. The van der Waals surface area contributed by atoms with Gasteiger partial charge in [0, 0.05) is 11.4 Å². The van der Waals surface area contributed by atoms with Crippen molar-refractivity contribution in [1.29, 1.82) is 5.26 Å². The molecular weight excluding hydrogens is 204 g/mol. The number of halogens is 1. The monoisotopic (exact) mass is 210 g/mol. The van der Waals surface area contributed by atoms with Gasteiger partial charge in [-0.3, -0.25) is 5.32 Å². The van der Waals surface area contributed by atoms with Gasteiger partial charge in [0.05, 0.1) is 4.99 Å². The first-order valence-electron chi connectivity index (χ1n) is 3.65. The van der Waals surface area contributed by atoms with E-state index in [1.54, 1.807) is 18.3 Å². The lowest BCUT2D eigenvalue weighted by molar-refractivity contribution is 1.21. The van der Waals surface area contributed by atoms with Gasteiger partial charge in [0.2, 0.25) is 0 Å². The number of thiocarbonyl (C=S) groups is 1. The number of hydrogen-bond acceptors (Lipinski definition) is 2. The molecule has 0 spiro atoms. The quantitative estimate of drug-likeness (QED) is 0.462. The highest BCUT2D eigenvalue weighted by molar-refractivity contribution is 7.80. The van der Waals surface area contributed by atoms with Crippen molar-refractivity contribution in [2.45, 2.75) is 6.42 Å². The van der Waals surface area contributed by atoms with Crippen molar-refractivity contribution in [3.05, 3.63) is 34.9 Å². The minimum atomic E-state index is 0.518. The third-order valence-corrected chi connectivity index (χ3v) is 1.97.